The van der Waals surface area contributed by atoms with Gasteiger partial charge in [0.25, 0.3) is 5.56 Å². The SMILES string of the molecule is Cc1cc([C@@H](C)Nc2ccccc2C(=O)O)c2nc(N3CC(F)C3)c(C)c(=O)n2c1. The molecule has 1 saturated heterocycles. The highest BCUT2D eigenvalue weighted by Crippen LogP contribution is 2.28. The van der Waals surface area contributed by atoms with Crippen LogP contribution in [0.15, 0.2) is 41.3 Å². The second-order valence-corrected chi connectivity index (χ2v) is 7.75. The number of rotatable bonds is 5. The number of nitrogens with one attached hydrogen (secondary N) is 1. The van der Waals surface area contributed by atoms with E-state index in [2.05, 4.69) is 5.32 Å². The molecule has 0 unspecified atom stereocenters. The lowest BCUT2D eigenvalue weighted by molar-refractivity contribution is 0.0698. The van der Waals surface area contributed by atoms with E-state index in [0.29, 0.717) is 22.7 Å². The van der Waals surface area contributed by atoms with E-state index < -0.39 is 12.1 Å². The lowest BCUT2D eigenvalue weighted by Gasteiger charge is -2.36. The van der Waals surface area contributed by atoms with Gasteiger partial charge in [-0.15, -0.1) is 0 Å². The number of pyridine rings is 1. The van der Waals surface area contributed by atoms with Gasteiger partial charge < -0.3 is 15.3 Å². The number of carbonyl (C=O) groups is 1. The predicted octanol–water partition coefficient (Wildman–Crippen LogP) is 3.34. The zero-order valence-corrected chi connectivity index (χ0v) is 17.0. The van der Waals surface area contributed by atoms with E-state index in [-0.39, 0.29) is 30.3 Å². The van der Waals surface area contributed by atoms with E-state index in [1.54, 1.807) is 36.2 Å². The Morgan fingerprint density at radius 2 is 2.00 bits per heavy atom. The van der Waals surface area contributed by atoms with E-state index in [0.717, 1.165) is 11.1 Å². The van der Waals surface area contributed by atoms with Crippen LogP contribution in [0.2, 0.25) is 0 Å². The molecular formula is C22H23FN4O3. The Balaban J connectivity index is 1.82. The highest BCUT2D eigenvalue weighted by atomic mass is 19.1. The van der Waals surface area contributed by atoms with Gasteiger partial charge in [-0.2, -0.15) is 0 Å². The smallest absolute Gasteiger partial charge is 0.337 e. The Morgan fingerprint density at radius 1 is 1.30 bits per heavy atom. The Hall–Kier alpha value is -3.42. The molecule has 0 aliphatic carbocycles. The molecule has 1 fully saturated rings. The number of aromatic carboxylic acids is 1. The number of aromatic nitrogens is 2. The summed E-state index contributed by atoms with van der Waals surface area (Å²) in [6.07, 6.45) is 0.826. The summed E-state index contributed by atoms with van der Waals surface area (Å²) in [5.74, 6) is -0.526. The molecule has 3 heterocycles. The van der Waals surface area contributed by atoms with E-state index in [1.165, 1.54) is 10.5 Å². The second-order valence-electron chi connectivity index (χ2n) is 7.75. The van der Waals surface area contributed by atoms with Crippen LogP contribution in [0, 0.1) is 13.8 Å². The van der Waals surface area contributed by atoms with Gasteiger partial charge in [-0.3, -0.25) is 9.20 Å². The van der Waals surface area contributed by atoms with Gasteiger partial charge in [-0.05, 0) is 44.5 Å². The number of hydrogen-bond donors (Lipinski definition) is 2. The highest BCUT2D eigenvalue weighted by molar-refractivity contribution is 5.94. The fourth-order valence-corrected chi connectivity index (χ4v) is 3.82. The number of benzene rings is 1. The molecule has 2 aromatic heterocycles. The lowest BCUT2D eigenvalue weighted by Crippen LogP contribution is -2.49. The zero-order chi connectivity index (χ0) is 21.6. The Morgan fingerprint density at radius 3 is 2.67 bits per heavy atom. The van der Waals surface area contributed by atoms with Crippen LogP contribution in [0.4, 0.5) is 15.9 Å². The van der Waals surface area contributed by atoms with E-state index in [1.807, 2.05) is 19.9 Å². The van der Waals surface area contributed by atoms with Crippen LogP contribution in [-0.2, 0) is 0 Å². The minimum Gasteiger partial charge on any atom is -0.478 e. The average molecular weight is 410 g/mol. The summed E-state index contributed by atoms with van der Waals surface area (Å²) >= 11 is 0. The predicted molar refractivity (Wildman–Crippen MR) is 113 cm³/mol. The summed E-state index contributed by atoms with van der Waals surface area (Å²) in [5, 5.41) is 12.7. The van der Waals surface area contributed by atoms with Crippen LogP contribution in [-0.4, -0.2) is 39.7 Å². The van der Waals surface area contributed by atoms with E-state index in [4.69, 9.17) is 4.98 Å². The molecule has 0 spiro atoms. The average Bonchev–Trinajstić information content (AvgIpc) is 2.68. The fourth-order valence-electron chi connectivity index (χ4n) is 3.82. The molecule has 1 aliphatic rings. The minimum absolute atomic E-state index is 0.164. The Kier molecular flexibility index (Phi) is 4.93. The molecule has 0 radical (unpaired) electrons. The Labute approximate surface area is 172 Å². The van der Waals surface area contributed by atoms with Crippen LogP contribution >= 0.6 is 0 Å². The van der Waals surface area contributed by atoms with Crippen LogP contribution in [0.1, 0.15) is 40.0 Å². The number of nitrogens with zero attached hydrogens (tertiary/aromatic N) is 3. The third-order valence-electron chi connectivity index (χ3n) is 5.42. The number of para-hydroxylation sites is 1. The van der Waals surface area contributed by atoms with Crippen LogP contribution in [0.5, 0.6) is 0 Å². The molecule has 7 nitrogen and oxygen atoms in total. The zero-order valence-electron chi connectivity index (χ0n) is 17.0. The van der Waals surface area contributed by atoms with Gasteiger partial charge in [0.2, 0.25) is 0 Å². The topological polar surface area (TPSA) is 86.9 Å². The van der Waals surface area contributed by atoms with Gasteiger partial charge >= 0.3 is 5.97 Å². The number of aryl methyl sites for hydroxylation is 1. The standard InChI is InChI=1S/C22H23FN4O3/c1-12-8-17(14(3)24-18-7-5-4-6-16(18)22(29)30)20-25-19(26-10-15(23)11-26)13(2)21(28)27(20)9-12/h4-9,14-15,24H,10-11H2,1-3H3,(H,29,30)/t14-/m1/s1. The van der Waals surface area contributed by atoms with Gasteiger partial charge in [0.05, 0.1) is 30.3 Å². The molecule has 0 bridgehead atoms. The van der Waals surface area contributed by atoms with Gasteiger partial charge in [-0.25, -0.2) is 14.2 Å². The van der Waals surface area contributed by atoms with Gasteiger partial charge in [0, 0.05) is 17.4 Å². The van der Waals surface area contributed by atoms with Crippen molar-refractivity contribution >= 4 is 23.1 Å². The molecule has 30 heavy (non-hydrogen) atoms. The van der Waals surface area contributed by atoms with Crippen molar-refractivity contribution in [3.05, 3.63) is 69.1 Å². The van der Waals surface area contributed by atoms with Crippen molar-refractivity contribution in [2.75, 3.05) is 23.3 Å². The molecular weight excluding hydrogens is 387 g/mol. The lowest BCUT2D eigenvalue weighted by atomic mass is 10.1. The number of fused-ring (bicyclic) bond motifs is 1. The molecule has 8 heteroatoms. The van der Waals surface area contributed by atoms with Gasteiger partial charge in [0.1, 0.15) is 17.6 Å². The van der Waals surface area contributed by atoms with Gasteiger partial charge in [-0.1, -0.05) is 12.1 Å². The van der Waals surface area contributed by atoms with E-state index >= 15 is 0 Å². The first kappa shape index (κ1) is 19.9. The number of halogens is 1. The van der Waals surface area contributed by atoms with Crippen molar-refractivity contribution in [3.8, 4) is 0 Å². The maximum atomic E-state index is 13.4. The molecule has 1 aliphatic heterocycles. The normalized spacial score (nSPS) is 15.1. The number of carboxylic acids is 1. The maximum Gasteiger partial charge on any atom is 0.337 e. The summed E-state index contributed by atoms with van der Waals surface area (Å²) in [4.78, 5) is 31.0. The van der Waals surface area contributed by atoms with Gasteiger partial charge in [0.15, 0.2) is 0 Å². The van der Waals surface area contributed by atoms with E-state index in [9.17, 15) is 19.1 Å². The third-order valence-corrected chi connectivity index (χ3v) is 5.42. The summed E-state index contributed by atoms with van der Waals surface area (Å²) in [7, 11) is 0. The minimum atomic E-state index is -1.02. The molecule has 0 amide bonds. The first-order valence-electron chi connectivity index (χ1n) is 9.77. The van der Waals surface area contributed by atoms with Crippen molar-refractivity contribution in [1.29, 1.82) is 0 Å². The van der Waals surface area contributed by atoms with Crippen molar-refractivity contribution in [2.45, 2.75) is 33.0 Å². The maximum absolute atomic E-state index is 13.4. The monoisotopic (exact) mass is 410 g/mol. The van der Waals surface area contributed by atoms with Crippen molar-refractivity contribution in [3.63, 3.8) is 0 Å². The molecule has 4 rings (SSSR count). The quantitative estimate of drug-likeness (QED) is 0.671. The number of hydrogen-bond acceptors (Lipinski definition) is 5. The fraction of sp³-hybridized carbons (Fsp3) is 0.318. The molecule has 0 saturated carbocycles. The highest BCUT2D eigenvalue weighted by Gasteiger charge is 2.30. The third kappa shape index (κ3) is 3.38. The first-order chi connectivity index (χ1) is 14.3. The number of anilines is 2. The van der Waals surface area contributed by atoms with Crippen LogP contribution in [0.25, 0.3) is 5.65 Å². The molecule has 1 aromatic carbocycles. The molecule has 1 atom stereocenters. The number of alkyl halides is 1. The first-order valence-corrected chi connectivity index (χ1v) is 9.77. The molecule has 2 N–H and O–H groups in total. The summed E-state index contributed by atoms with van der Waals surface area (Å²) in [6.45, 7) is 5.93. The van der Waals surface area contributed by atoms with Crippen molar-refractivity contribution in [1.82, 2.24) is 9.38 Å². The van der Waals surface area contributed by atoms with Crippen LogP contribution < -0.4 is 15.8 Å². The molecule has 3 aromatic rings. The summed E-state index contributed by atoms with van der Waals surface area (Å²) in [5.41, 5.74) is 3.04. The van der Waals surface area contributed by atoms with Crippen molar-refractivity contribution in [2.24, 2.45) is 0 Å². The van der Waals surface area contributed by atoms with Crippen molar-refractivity contribution < 1.29 is 14.3 Å². The largest absolute Gasteiger partial charge is 0.478 e. The summed E-state index contributed by atoms with van der Waals surface area (Å²) in [6, 6.07) is 8.27. The molecule has 156 valence electrons. The second kappa shape index (κ2) is 7.44. The number of carboxylic acid groups (broad SMARTS) is 1. The van der Waals surface area contributed by atoms with Crippen LogP contribution in [0.3, 0.4) is 0 Å². The summed E-state index contributed by atoms with van der Waals surface area (Å²) < 4.78 is 14.9. The Bertz CT molecular complexity index is 1200.